The number of halogens is 2. The van der Waals surface area contributed by atoms with Crippen molar-refractivity contribution in [1.82, 2.24) is 20.2 Å². The normalized spacial score (nSPS) is 21.8. The zero-order valence-corrected chi connectivity index (χ0v) is 26.6. The lowest BCUT2D eigenvalue weighted by Crippen LogP contribution is -2.55. The van der Waals surface area contributed by atoms with Gasteiger partial charge in [-0.05, 0) is 55.1 Å². The van der Waals surface area contributed by atoms with E-state index in [1.54, 1.807) is 29.4 Å². The molecule has 3 aliphatic rings. The van der Waals surface area contributed by atoms with Crippen molar-refractivity contribution in [2.24, 2.45) is 17.3 Å². The van der Waals surface area contributed by atoms with Crippen LogP contribution in [-0.2, 0) is 11.2 Å². The third kappa shape index (κ3) is 8.62. The second-order valence-corrected chi connectivity index (χ2v) is 13.4. The smallest absolute Gasteiger partial charge is 0.227 e. The Kier molecular flexibility index (Phi) is 11.7. The Morgan fingerprint density at radius 1 is 1.11 bits per heavy atom. The summed E-state index contributed by atoms with van der Waals surface area (Å²) in [4.78, 5) is 25.2. The number of rotatable bonds is 16. The number of aliphatic hydroxyl groups is 5. The Labute approximate surface area is 273 Å². The van der Waals surface area contributed by atoms with Crippen LogP contribution in [0.5, 0.6) is 5.75 Å². The molecule has 3 fully saturated rings. The van der Waals surface area contributed by atoms with Crippen molar-refractivity contribution in [1.29, 1.82) is 0 Å². The van der Waals surface area contributed by atoms with Crippen molar-refractivity contribution in [3.63, 3.8) is 0 Å². The fraction of sp³-hybridized carbons (Fsp3) is 0.656. The van der Waals surface area contributed by atoms with Crippen LogP contribution in [0.25, 0.3) is 0 Å². The van der Waals surface area contributed by atoms with Crippen molar-refractivity contribution in [3.8, 4) is 5.75 Å². The van der Waals surface area contributed by atoms with Gasteiger partial charge < -0.3 is 45.4 Å². The number of benzene rings is 1. The topological polar surface area (TPSA) is 172 Å². The lowest BCUT2D eigenvalue weighted by atomic mass is 9.90. The van der Waals surface area contributed by atoms with Gasteiger partial charge in [-0.15, -0.1) is 0 Å². The number of aromatic nitrogens is 2. The monoisotopic (exact) mass is 665 g/mol. The molecule has 14 heteroatoms. The summed E-state index contributed by atoms with van der Waals surface area (Å²) >= 11 is 5.91. The summed E-state index contributed by atoms with van der Waals surface area (Å²) < 4.78 is 20.6. The van der Waals surface area contributed by atoms with Crippen molar-refractivity contribution < 1.29 is 39.5 Å². The summed E-state index contributed by atoms with van der Waals surface area (Å²) in [5, 5.41) is 51.3. The summed E-state index contributed by atoms with van der Waals surface area (Å²) in [6.45, 7) is 3.06. The van der Waals surface area contributed by atoms with Gasteiger partial charge in [0.25, 0.3) is 0 Å². The Morgan fingerprint density at radius 3 is 2.48 bits per heavy atom. The van der Waals surface area contributed by atoms with E-state index in [4.69, 9.17) is 21.4 Å². The van der Waals surface area contributed by atoms with E-state index in [1.807, 2.05) is 0 Å². The van der Waals surface area contributed by atoms with Gasteiger partial charge in [-0.1, -0.05) is 17.7 Å². The second kappa shape index (κ2) is 15.5. The standard InChI is InChI=1S/C32H45ClFN5O7/c33-23-14-36-31(37-15-23)38-7-5-32(6-8-38)12-22(32)2-1-9-46-24-4-3-21(25(34)11-24)10-28(43)39-17-20(18-39)13-35-16-26(41)29(44)30(45)27(42)19-40/h3-4,11,14-15,20,22,26-27,29-30,35,40-42,44-45H,1-2,5-10,12-13,16-19H2/t22?,26-,27+,29+,30+/m0/s1. The molecule has 1 aromatic carbocycles. The number of hydrogen-bond acceptors (Lipinski definition) is 11. The molecule has 1 spiro atoms. The van der Waals surface area contributed by atoms with E-state index in [9.17, 15) is 29.6 Å². The molecule has 254 valence electrons. The van der Waals surface area contributed by atoms with E-state index in [0.29, 0.717) is 53.9 Å². The Bertz CT molecular complexity index is 1300. The fourth-order valence-electron chi connectivity index (χ4n) is 6.65. The molecule has 0 radical (unpaired) electrons. The zero-order valence-electron chi connectivity index (χ0n) is 25.8. The number of hydrogen-bond donors (Lipinski definition) is 6. The van der Waals surface area contributed by atoms with E-state index in [0.717, 1.165) is 44.7 Å². The quantitative estimate of drug-likeness (QED) is 0.140. The molecular weight excluding hydrogens is 621 g/mol. The summed E-state index contributed by atoms with van der Waals surface area (Å²) in [5.41, 5.74) is 0.730. The first-order valence-electron chi connectivity index (χ1n) is 16.0. The molecule has 6 N–H and O–H groups in total. The van der Waals surface area contributed by atoms with E-state index < -0.39 is 36.8 Å². The molecule has 2 aliphatic heterocycles. The molecule has 1 aromatic heterocycles. The number of nitrogens with one attached hydrogen (secondary N) is 1. The summed E-state index contributed by atoms with van der Waals surface area (Å²) in [6, 6.07) is 4.65. The third-order valence-electron chi connectivity index (χ3n) is 9.76. The van der Waals surface area contributed by atoms with Crippen LogP contribution in [0.3, 0.4) is 0 Å². The number of carbonyl (C=O) groups excluding carboxylic acids is 1. The number of ether oxygens (including phenoxy) is 1. The second-order valence-electron chi connectivity index (χ2n) is 13.0. The van der Waals surface area contributed by atoms with Gasteiger partial charge in [0.1, 0.15) is 29.9 Å². The Balaban J connectivity index is 0.940. The zero-order chi connectivity index (χ0) is 32.8. The van der Waals surface area contributed by atoms with Crippen molar-refractivity contribution in [2.75, 3.05) is 57.4 Å². The minimum absolute atomic E-state index is 0.0390. The highest BCUT2D eigenvalue weighted by Crippen LogP contribution is 2.61. The number of aliphatic hydroxyl groups excluding tert-OH is 5. The molecule has 1 amide bonds. The van der Waals surface area contributed by atoms with Crippen LogP contribution in [0.1, 0.15) is 37.7 Å². The molecule has 0 bridgehead atoms. The van der Waals surface area contributed by atoms with Crippen LogP contribution in [0.2, 0.25) is 5.02 Å². The van der Waals surface area contributed by atoms with E-state index in [-0.39, 0.29) is 24.8 Å². The van der Waals surface area contributed by atoms with Gasteiger partial charge in [0.2, 0.25) is 11.9 Å². The third-order valence-corrected chi connectivity index (χ3v) is 9.96. The molecule has 5 rings (SSSR count). The predicted molar refractivity (Wildman–Crippen MR) is 168 cm³/mol. The highest BCUT2D eigenvalue weighted by molar-refractivity contribution is 6.30. The van der Waals surface area contributed by atoms with Crippen molar-refractivity contribution >= 4 is 23.5 Å². The first-order valence-corrected chi connectivity index (χ1v) is 16.4. The maximum atomic E-state index is 14.8. The average molecular weight is 666 g/mol. The van der Waals surface area contributed by atoms with Gasteiger partial charge in [-0.25, -0.2) is 14.4 Å². The van der Waals surface area contributed by atoms with Crippen molar-refractivity contribution in [2.45, 2.75) is 62.9 Å². The van der Waals surface area contributed by atoms with Crippen LogP contribution in [0.4, 0.5) is 10.3 Å². The Morgan fingerprint density at radius 2 is 1.80 bits per heavy atom. The van der Waals surface area contributed by atoms with Gasteiger partial charge in [0.05, 0.1) is 43.2 Å². The molecule has 2 saturated heterocycles. The average Bonchev–Trinajstić information content (AvgIpc) is 3.71. The van der Waals surface area contributed by atoms with Gasteiger partial charge in [-0.3, -0.25) is 4.79 Å². The van der Waals surface area contributed by atoms with Crippen LogP contribution >= 0.6 is 11.6 Å². The Hall–Kier alpha value is -2.65. The summed E-state index contributed by atoms with van der Waals surface area (Å²) in [5.74, 6) is 1.37. The number of carbonyl (C=O) groups is 1. The van der Waals surface area contributed by atoms with Crippen molar-refractivity contribution in [3.05, 3.63) is 47.0 Å². The molecule has 3 heterocycles. The molecule has 1 aliphatic carbocycles. The minimum Gasteiger partial charge on any atom is -0.493 e. The molecule has 1 unspecified atom stereocenters. The predicted octanol–water partition coefficient (Wildman–Crippen LogP) is 0.761. The maximum Gasteiger partial charge on any atom is 0.227 e. The van der Waals surface area contributed by atoms with E-state index in [1.165, 1.54) is 12.5 Å². The molecule has 2 aromatic rings. The molecule has 46 heavy (non-hydrogen) atoms. The summed E-state index contributed by atoms with van der Waals surface area (Å²) in [6.07, 6.45) is 2.51. The fourth-order valence-corrected chi connectivity index (χ4v) is 6.75. The number of amides is 1. The van der Waals surface area contributed by atoms with Gasteiger partial charge in [0.15, 0.2) is 0 Å². The molecule has 5 atom stereocenters. The van der Waals surface area contributed by atoms with Crippen LogP contribution in [-0.4, -0.2) is 123 Å². The number of piperidine rings is 1. The summed E-state index contributed by atoms with van der Waals surface area (Å²) in [7, 11) is 0. The first-order chi connectivity index (χ1) is 22.1. The molecule has 12 nitrogen and oxygen atoms in total. The van der Waals surface area contributed by atoms with E-state index in [2.05, 4.69) is 20.2 Å². The van der Waals surface area contributed by atoms with Crippen LogP contribution in [0, 0.1) is 23.1 Å². The number of anilines is 1. The van der Waals surface area contributed by atoms with Crippen LogP contribution < -0.4 is 15.0 Å². The largest absolute Gasteiger partial charge is 0.493 e. The van der Waals surface area contributed by atoms with Gasteiger partial charge >= 0.3 is 0 Å². The van der Waals surface area contributed by atoms with Gasteiger partial charge in [0, 0.05) is 51.3 Å². The molecular formula is C32H45ClFN5O7. The van der Waals surface area contributed by atoms with Crippen LogP contribution in [0.15, 0.2) is 30.6 Å². The molecule has 1 saturated carbocycles. The lowest BCUT2D eigenvalue weighted by Gasteiger charge is -2.39. The number of nitrogens with zero attached hydrogens (tertiary/aromatic N) is 4. The SMILES string of the molecule is O=C(Cc1ccc(OCCCC2CC23CCN(c2ncc(Cl)cn2)CC3)cc1F)N1CC(CNC[C@H](O)[C@@H](O)[C@H](O)[C@H](O)CO)C1. The highest BCUT2D eigenvalue weighted by atomic mass is 35.5. The van der Waals surface area contributed by atoms with Gasteiger partial charge in [-0.2, -0.15) is 0 Å². The number of likely N-dealkylation sites (tertiary alicyclic amines) is 1. The van der Waals surface area contributed by atoms with E-state index >= 15 is 0 Å². The first kappa shape index (κ1) is 34.7. The minimum atomic E-state index is -1.67. The lowest BCUT2D eigenvalue weighted by molar-refractivity contribution is -0.136. The maximum absolute atomic E-state index is 14.8. The highest BCUT2D eigenvalue weighted by Gasteiger charge is 2.54.